The third-order valence-electron chi connectivity index (χ3n) is 4.67. The monoisotopic (exact) mass is 333 g/mol. The van der Waals surface area contributed by atoms with Crippen LogP contribution < -0.4 is 4.90 Å². The van der Waals surface area contributed by atoms with Crippen LogP contribution in [-0.2, 0) is 13.6 Å². The van der Waals surface area contributed by atoms with Crippen LogP contribution in [0.15, 0.2) is 36.8 Å². The molecule has 0 radical (unpaired) electrons. The standard InChI is InChI=1S/C18H19N7/c1-23-17-16(11-22-23)18(21-13-20-17)25-8-6-24(7-9-25)12-15-4-2-14(10-19)3-5-15/h2-5,11,13H,6-9,12H2,1H3. The van der Waals surface area contributed by atoms with Crippen LogP contribution in [0.25, 0.3) is 11.0 Å². The van der Waals surface area contributed by atoms with Gasteiger partial charge in [0.15, 0.2) is 5.65 Å². The summed E-state index contributed by atoms with van der Waals surface area (Å²) in [6.07, 6.45) is 3.45. The van der Waals surface area contributed by atoms with E-state index in [0.29, 0.717) is 5.56 Å². The van der Waals surface area contributed by atoms with Crippen molar-refractivity contribution >= 4 is 16.9 Å². The molecular weight excluding hydrogens is 314 g/mol. The summed E-state index contributed by atoms with van der Waals surface area (Å²) < 4.78 is 1.78. The molecule has 7 heteroatoms. The van der Waals surface area contributed by atoms with E-state index < -0.39 is 0 Å². The molecule has 0 amide bonds. The first-order chi connectivity index (χ1) is 12.2. The number of piperazine rings is 1. The van der Waals surface area contributed by atoms with Crippen LogP contribution in [0.4, 0.5) is 5.82 Å². The zero-order chi connectivity index (χ0) is 17.2. The van der Waals surface area contributed by atoms with Gasteiger partial charge >= 0.3 is 0 Å². The number of rotatable bonds is 3. The zero-order valence-corrected chi connectivity index (χ0v) is 14.1. The number of aromatic nitrogens is 4. The minimum atomic E-state index is 0.706. The molecule has 3 heterocycles. The van der Waals surface area contributed by atoms with E-state index in [0.717, 1.165) is 49.6 Å². The molecule has 126 valence electrons. The maximum atomic E-state index is 8.88. The summed E-state index contributed by atoms with van der Waals surface area (Å²) in [6.45, 7) is 4.72. The van der Waals surface area contributed by atoms with Gasteiger partial charge in [-0.05, 0) is 17.7 Å². The van der Waals surface area contributed by atoms with E-state index in [1.165, 1.54) is 5.56 Å². The molecule has 0 N–H and O–H groups in total. The molecule has 0 saturated carbocycles. The Bertz CT molecular complexity index is 915. The van der Waals surface area contributed by atoms with Crippen molar-refractivity contribution in [3.8, 4) is 6.07 Å². The summed E-state index contributed by atoms with van der Waals surface area (Å²) in [4.78, 5) is 13.5. The Morgan fingerprint density at radius 2 is 1.84 bits per heavy atom. The van der Waals surface area contributed by atoms with E-state index in [9.17, 15) is 0 Å². The van der Waals surface area contributed by atoms with E-state index in [1.807, 2.05) is 37.5 Å². The molecule has 4 rings (SSSR count). The van der Waals surface area contributed by atoms with Gasteiger partial charge in [0.25, 0.3) is 0 Å². The van der Waals surface area contributed by atoms with E-state index in [4.69, 9.17) is 5.26 Å². The smallest absolute Gasteiger partial charge is 0.163 e. The number of aryl methyl sites for hydroxylation is 1. The van der Waals surface area contributed by atoms with Crippen molar-refractivity contribution in [3.63, 3.8) is 0 Å². The van der Waals surface area contributed by atoms with Gasteiger partial charge in [0.1, 0.15) is 12.1 Å². The minimum absolute atomic E-state index is 0.706. The number of benzene rings is 1. The van der Waals surface area contributed by atoms with E-state index >= 15 is 0 Å². The van der Waals surface area contributed by atoms with Crippen LogP contribution in [0.1, 0.15) is 11.1 Å². The Morgan fingerprint density at radius 3 is 2.56 bits per heavy atom. The van der Waals surface area contributed by atoms with Gasteiger partial charge in [-0.25, -0.2) is 9.97 Å². The molecule has 0 spiro atoms. The highest BCUT2D eigenvalue weighted by Crippen LogP contribution is 2.23. The number of nitriles is 1. The van der Waals surface area contributed by atoms with Crippen molar-refractivity contribution in [1.82, 2.24) is 24.6 Å². The molecule has 25 heavy (non-hydrogen) atoms. The molecule has 0 bridgehead atoms. The molecular formula is C18H19N7. The fourth-order valence-electron chi connectivity index (χ4n) is 3.26. The van der Waals surface area contributed by atoms with Crippen molar-refractivity contribution < 1.29 is 0 Å². The molecule has 3 aromatic rings. The van der Waals surface area contributed by atoms with Crippen LogP contribution >= 0.6 is 0 Å². The molecule has 0 unspecified atom stereocenters. The third kappa shape index (κ3) is 3.04. The Balaban J connectivity index is 1.43. The normalized spacial score (nSPS) is 15.4. The lowest BCUT2D eigenvalue weighted by atomic mass is 10.1. The van der Waals surface area contributed by atoms with Crippen molar-refractivity contribution in [2.75, 3.05) is 31.1 Å². The van der Waals surface area contributed by atoms with Crippen molar-refractivity contribution in [2.45, 2.75) is 6.54 Å². The predicted molar refractivity (Wildman–Crippen MR) is 95.0 cm³/mol. The fourth-order valence-corrected chi connectivity index (χ4v) is 3.26. The molecule has 0 atom stereocenters. The second-order valence-corrected chi connectivity index (χ2v) is 6.27. The molecule has 1 aliphatic heterocycles. The van der Waals surface area contributed by atoms with Gasteiger partial charge in [0.2, 0.25) is 0 Å². The Kier molecular flexibility index (Phi) is 4.04. The van der Waals surface area contributed by atoms with Gasteiger partial charge in [-0.15, -0.1) is 0 Å². The van der Waals surface area contributed by atoms with Gasteiger partial charge in [-0.3, -0.25) is 9.58 Å². The Morgan fingerprint density at radius 1 is 1.08 bits per heavy atom. The lowest BCUT2D eigenvalue weighted by Gasteiger charge is -2.35. The average molecular weight is 333 g/mol. The number of anilines is 1. The predicted octanol–water partition coefficient (Wildman–Crippen LogP) is 1.56. The molecule has 0 aliphatic carbocycles. The number of fused-ring (bicyclic) bond motifs is 1. The lowest BCUT2D eigenvalue weighted by Crippen LogP contribution is -2.46. The summed E-state index contributed by atoms with van der Waals surface area (Å²) in [5.41, 5.74) is 2.81. The van der Waals surface area contributed by atoms with E-state index in [2.05, 4.69) is 30.9 Å². The molecule has 7 nitrogen and oxygen atoms in total. The first-order valence-corrected chi connectivity index (χ1v) is 8.33. The largest absolute Gasteiger partial charge is 0.353 e. The first-order valence-electron chi connectivity index (χ1n) is 8.33. The van der Waals surface area contributed by atoms with Gasteiger partial charge in [0.05, 0.1) is 23.2 Å². The second kappa shape index (κ2) is 6.49. The van der Waals surface area contributed by atoms with Crippen LogP contribution in [0.2, 0.25) is 0 Å². The Hall–Kier alpha value is -2.98. The van der Waals surface area contributed by atoms with Gasteiger partial charge in [0, 0.05) is 39.8 Å². The van der Waals surface area contributed by atoms with Crippen molar-refractivity contribution in [2.24, 2.45) is 7.05 Å². The first kappa shape index (κ1) is 15.5. The quantitative estimate of drug-likeness (QED) is 0.724. The van der Waals surface area contributed by atoms with Gasteiger partial charge in [-0.1, -0.05) is 12.1 Å². The highest BCUT2D eigenvalue weighted by Gasteiger charge is 2.21. The summed E-state index contributed by atoms with van der Waals surface area (Å²) in [7, 11) is 1.90. The third-order valence-corrected chi connectivity index (χ3v) is 4.67. The number of hydrogen-bond donors (Lipinski definition) is 0. The van der Waals surface area contributed by atoms with Crippen LogP contribution in [0.3, 0.4) is 0 Å². The highest BCUT2D eigenvalue weighted by molar-refractivity contribution is 5.86. The number of hydrogen-bond acceptors (Lipinski definition) is 6. The van der Waals surface area contributed by atoms with Crippen molar-refractivity contribution in [1.29, 1.82) is 5.26 Å². The lowest BCUT2D eigenvalue weighted by molar-refractivity contribution is 0.249. The van der Waals surface area contributed by atoms with Crippen LogP contribution in [0, 0.1) is 11.3 Å². The SMILES string of the molecule is Cn1ncc2c(N3CCN(Cc4ccc(C#N)cc4)CC3)ncnc21. The van der Waals surface area contributed by atoms with Gasteiger partial charge < -0.3 is 4.90 Å². The molecule has 1 aromatic carbocycles. The summed E-state index contributed by atoms with van der Waals surface area (Å²) >= 11 is 0. The molecule has 1 aliphatic rings. The number of nitrogens with zero attached hydrogens (tertiary/aromatic N) is 7. The summed E-state index contributed by atoms with van der Waals surface area (Å²) in [5.74, 6) is 0.969. The van der Waals surface area contributed by atoms with Gasteiger partial charge in [-0.2, -0.15) is 10.4 Å². The maximum absolute atomic E-state index is 8.88. The summed E-state index contributed by atoms with van der Waals surface area (Å²) in [6, 6.07) is 9.99. The second-order valence-electron chi connectivity index (χ2n) is 6.27. The maximum Gasteiger partial charge on any atom is 0.163 e. The average Bonchev–Trinajstić information content (AvgIpc) is 3.04. The van der Waals surface area contributed by atoms with Crippen molar-refractivity contribution in [3.05, 3.63) is 47.9 Å². The molecule has 2 aromatic heterocycles. The Labute approximate surface area is 146 Å². The fraction of sp³-hybridized carbons (Fsp3) is 0.333. The zero-order valence-electron chi connectivity index (χ0n) is 14.1. The summed E-state index contributed by atoms with van der Waals surface area (Å²) in [5, 5.41) is 14.2. The van der Waals surface area contributed by atoms with E-state index in [1.54, 1.807) is 11.0 Å². The highest BCUT2D eigenvalue weighted by atomic mass is 15.3. The topological polar surface area (TPSA) is 73.9 Å². The van der Waals surface area contributed by atoms with Crippen LogP contribution in [0.5, 0.6) is 0 Å². The molecule has 1 fully saturated rings. The molecule has 1 saturated heterocycles. The van der Waals surface area contributed by atoms with E-state index in [-0.39, 0.29) is 0 Å². The van der Waals surface area contributed by atoms with Crippen LogP contribution in [-0.4, -0.2) is 50.8 Å². The minimum Gasteiger partial charge on any atom is -0.353 e.